The number of hydrogen-bond donors (Lipinski definition) is 0. The summed E-state index contributed by atoms with van der Waals surface area (Å²) in [5.41, 5.74) is 3.87. The number of ketones is 1. The van der Waals surface area contributed by atoms with E-state index in [0.717, 1.165) is 29.0 Å². The summed E-state index contributed by atoms with van der Waals surface area (Å²) in [6.07, 6.45) is 2.00. The highest BCUT2D eigenvalue weighted by molar-refractivity contribution is 6.12. The largest absolute Gasteiger partial charge is 0.494 e. The minimum atomic E-state index is -0.505. The van der Waals surface area contributed by atoms with Crippen LogP contribution in [-0.4, -0.2) is 37.3 Å². The summed E-state index contributed by atoms with van der Waals surface area (Å²) in [7, 11) is 0. The number of carbonyl (C=O) groups is 2. The van der Waals surface area contributed by atoms with Crippen LogP contribution in [0, 0.1) is 5.92 Å². The summed E-state index contributed by atoms with van der Waals surface area (Å²) in [4.78, 5) is 32.2. The number of allylic oxidation sites excluding steroid dienone is 1. The van der Waals surface area contributed by atoms with Crippen LogP contribution in [0.15, 0.2) is 101 Å². The van der Waals surface area contributed by atoms with Gasteiger partial charge in [0.1, 0.15) is 30.5 Å². The average molecular weight is 538 g/mol. The molecule has 2 aliphatic rings. The molecule has 206 valence electrons. The molecule has 0 spiro atoms. The molecular formula is C34H35NO5. The smallest absolute Gasteiger partial charge is 0.336 e. The number of aliphatic imine (C=N–C) groups is 1. The molecule has 0 bridgehead atoms. The van der Waals surface area contributed by atoms with Crippen molar-refractivity contribution in [1.82, 2.24) is 0 Å². The quantitative estimate of drug-likeness (QED) is 0.213. The minimum Gasteiger partial charge on any atom is -0.494 e. The molecule has 1 saturated carbocycles. The average Bonchev–Trinajstić information content (AvgIpc) is 2.98. The Morgan fingerprint density at radius 1 is 0.775 bits per heavy atom. The fourth-order valence-corrected chi connectivity index (χ4v) is 5.64. The molecule has 0 N–H and O–H groups in total. The molecule has 3 aromatic rings. The molecule has 1 aliphatic carbocycles. The van der Waals surface area contributed by atoms with Gasteiger partial charge in [0.15, 0.2) is 0 Å². The van der Waals surface area contributed by atoms with Gasteiger partial charge in [0.05, 0.1) is 18.1 Å². The molecule has 0 aromatic heterocycles. The van der Waals surface area contributed by atoms with Gasteiger partial charge in [-0.05, 0) is 61.1 Å². The van der Waals surface area contributed by atoms with Crippen molar-refractivity contribution in [3.05, 3.63) is 107 Å². The first kappa shape index (κ1) is 27.4. The molecule has 5 rings (SSSR count). The van der Waals surface area contributed by atoms with Crippen LogP contribution >= 0.6 is 0 Å². The number of hydrogen-bond acceptors (Lipinski definition) is 6. The van der Waals surface area contributed by atoms with Crippen molar-refractivity contribution in [1.29, 1.82) is 0 Å². The number of benzene rings is 3. The SMILES string of the molecule is CCCOc1ccc([C@@H]2C(C(=O)OCCOc3ccccc3)=C(C)N=C3C[C@@H](c4ccccc4)CC(=O)C32)cc1. The first-order valence-corrected chi connectivity index (χ1v) is 14.0. The van der Waals surface area contributed by atoms with E-state index in [9.17, 15) is 9.59 Å². The maximum Gasteiger partial charge on any atom is 0.336 e. The number of carbonyl (C=O) groups excluding carboxylic acids is 2. The van der Waals surface area contributed by atoms with Crippen LogP contribution in [0.4, 0.5) is 0 Å². The van der Waals surface area contributed by atoms with Gasteiger partial charge in [0, 0.05) is 23.7 Å². The fourth-order valence-electron chi connectivity index (χ4n) is 5.64. The molecule has 0 amide bonds. The van der Waals surface area contributed by atoms with E-state index in [1.165, 1.54) is 0 Å². The van der Waals surface area contributed by atoms with Crippen LogP contribution in [0.2, 0.25) is 0 Å². The van der Waals surface area contributed by atoms with E-state index in [-0.39, 0.29) is 24.9 Å². The third-order valence-electron chi connectivity index (χ3n) is 7.49. The molecule has 3 aromatic carbocycles. The van der Waals surface area contributed by atoms with Crippen LogP contribution in [-0.2, 0) is 14.3 Å². The number of fused-ring (bicyclic) bond motifs is 1. The summed E-state index contributed by atoms with van der Waals surface area (Å²) < 4.78 is 17.2. The number of nitrogens with zero attached hydrogens (tertiary/aromatic N) is 1. The zero-order valence-corrected chi connectivity index (χ0v) is 23.0. The Morgan fingerprint density at radius 2 is 1.43 bits per heavy atom. The van der Waals surface area contributed by atoms with Gasteiger partial charge in [-0.25, -0.2) is 4.79 Å². The third kappa shape index (κ3) is 6.17. The summed E-state index contributed by atoms with van der Waals surface area (Å²) in [6.45, 7) is 4.84. The van der Waals surface area contributed by atoms with Gasteiger partial charge in [-0.1, -0.05) is 67.6 Å². The molecule has 1 fully saturated rings. The van der Waals surface area contributed by atoms with Crippen LogP contribution in [0.3, 0.4) is 0 Å². The maximum absolute atomic E-state index is 13.8. The van der Waals surface area contributed by atoms with E-state index in [4.69, 9.17) is 19.2 Å². The Hall–Kier alpha value is -4.19. The van der Waals surface area contributed by atoms with Crippen LogP contribution in [0.25, 0.3) is 0 Å². The molecule has 1 aliphatic heterocycles. The summed E-state index contributed by atoms with van der Waals surface area (Å²) in [5.74, 6) is 0.202. The van der Waals surface area contributed by atoms with Crippen molar-refractivity contribution in [2.75, 3.05) is 19.8 Å². The van der Waals surface area contributed by atoms with E-state index in [0.29, 0.717) is 36.5 Å². The lowest BCUT2D eigenvalue weighted by atomic mass is 9.66. The molecule has 6 heteroatoms. The van der Waals surface area contributed by atoms with Crippen molar-refractivity contribution >= 4 is 17.5 Å². The van der Waals surface area contributed by atoms with Crippen LogP contribution < -0.4 is 9.47 Å². The van der Waals surface area contributed by atoms with E-state index in [1.54, 1.807) is 0 Å². The van der Waals surface area contributed by atoms with E-state index >= 15 is 0 Å². The minimum absolute atomic E-state index is 0.0746. The molecular weight excluding hydrogens is 502 g/mol. The van der Waals surface area contributed by atoms with E-state index < -0.39 is 17.8 Å². The number of esters is 1. The van der Waals surface area contributed by atoms with Crippen LogP contribution in [0.1, 0.15) is 56.1 Å². The lowest BCUT2D eigenvalue weighted by Gasteiger charge is -2.38. The van der Waals surface area contributed by atoms with Crippen molar-refractivity contribution < 1.29 is 23.8 Å². The lowest BCUT2D eigenvalue weighted by Crippen LogP contribution is -2.41. The van der Waals surface area contributed by atoms with Crippen molar-refractivity contribution in [2.24, 2.45) is 10.9 Å². The Bertz CT molecular complexity index is 1380. The van der Waals surface area contributed by atoms with Gasteiger partial charge in [0.2, 0.25) is 0 Å². The van der Waals surface area contributed by atoms with Gasteiger partial charge in [-0.2, -0.15) is 0 Å². The lowest BCUT2D eigenvalue weighted by molar-refractivity contribution is -0.140. The number of Topliss-reactive ketones (excluding diaryl/α,β-unsaturated/α-hetero) is 1. The van der Waals surface area contributed by atoms with Crippen LogP contribution in [0.5, 0.6) is 11.5 Å². The second kappa shape index (κ2) is 12.8. The normalized spacial score (nSPS) is 20.4. The highest BCUT2D eigenvalue weighted by atomic mass is 16.6. The number of ether oxygens (including phenoxy) is 3. The number of para-hydroxylation sites is 1. The molecule has 0 saturated heterocycles. The predicted molar refractivity (Wildman–Crippen MR) is 155 cm³/mol. The monoisotopic (exact) mass is 537 g/mol. The highest BCUT2D eigenvalue weighted by Gasteiger charge is 2.46. The number of rotatable bonds is 10. The second-order valence-electron chi connectivity index (χ2n) is 10.3. The van der Waals surface area contributed by atoms with Gasteiger partial charge in [-0.15, -0.1) is 0 Å². The van der Waals surface area contributed by atoms with Crippen molar-refractivity contribution in [3.8, 4) is 11.5 Å². The first-order chi connectivity index (χ1) is 19.5. The predicted octanol–water partition coefficient (Wildman–Crippen LogP) is 6.67. The van der Waals surface area contributed by atoms with Gasteiger partial charge >= 0.3 is 5.97 Å². The maximum atomic E-state index is 13.8. The Kier molecular flexibility index (Phi) is 8.74. The highest BCUT2D eigenvalue weighted by Crippen LogP contribution is 2.46. The fraction of sp³-hybridized carbons (Fsp3) is 0.324. The van der Waals surface area contributed by atoms with Gasteiger partial charge in [-0.3, -0.25) is 9.79 Å². The summed E-state index contributed by atoms with van der Waals surface area (Å²) in [6, 6.07) is 27.2. The summed E-state index contributed by atoms with van der Waals surface area (Å²) >= 11 is 0. The third-order valence-corrected chi connectivity index (χ3v) is 7.49. The topological polar surface area (TPSA) is 74.2 Å². The Balaban J connectivity index is 1.41. The standard InChI is InChI=1S/C34H35NO5/c1-3-18-38-28-16-14-25(15-17-28)32-31(34(37)40-20-19-39-27-12-8-5-9-13-27)23(2)35-29-21-26(22-30(36)33(29)32)24-10-6-4-7-11-24/h4-17,26,32-33H,3,18-22H2,1-2H3/t26-,32-,33?/m1/s1. The van der Waals surface area contributed by atoms with Gasteiger partial charge in [0.25, 0.3) is 0 Å². The zero-order chi connectivity index (χ0) is 27.9. The molecule has 1 unspecified atom stereocenters. The van der Waals surface area contributed by atoms with E-state index in [2.05, 4.69) is 19.1 Å². The summed E-state index contributed by atoms with van der Waals surface area (Å²) in [5, 5.41) is 0. The Morgan fingerprint density at radius 3 is 2.12 bits per heavy atom. The Labute approximate surface area is 235 Å². The van der Waals surface area contributed by atoms with Crippen molar-refractivity contribution in [2.45, 2.75) is 44.9 Å². The molecule has 0 radical (unpaired) electrons. The molecule has 40 heavy (non-hydrogen) atoms. The van der Waals surface area contributed by atoms with Crippen molar-refractivity contribution in [3.63, 3.8) is 0 Å². The molecule has 3 atom stereocenters. The van der Waals surface area contributed by atoms with E-state index in [1.807, 2.05) is 79.7 Å². The second-order valence-corrected chi connectivity index (χ2v) is 10.3. The molecule has 6 nitrogen and oxygen atoms in total. The first-order valence-electron chi connectivity index (χ1n) is 14.0. The zero-order valence-electron chi connectivity index (χ0n) is 23.0. The van der Waals surface area contributed by atoms with Gasteiger partial charge < -0.3 is 14.2 Å². The molecule has 1 heterocycles.